The van der Waals surface area contributed by atoms with Crippen LogP contribution in [0, 0.1) is 12.3 Å². The molecule has 3 aromatic carbocycles. The van der Waals surface area contributed by atoms with Crippen LogP contribution in [0.2, 0.25) is 0 Å². The Morgan fingerprint density at radius 3 is 2.19 bits per heavy atom. The Labute approximate surface area is 215 Å². The number of nitrogens with zero attached hydrogens (tertiary/aromatic N) is 1. The van der Waals surface area contributed by atoms with Gasteiger partial charge in [0.15, 0.2) is 28.8 Å². The quantitative estimate of drug-likeness (QED) is 0.475. The van der Waals surface area contributed by atoms with Gasteiger partial charge in [-0.25, -0.2) is 0 Å². The van der Waals surface area contributed by atoms with Crippen molar-refractivity contribution in [3.05, 3.63) is 94.6 Å². The van der Waals surface area contributed by atoms with E-state index < -0.39 is 23.4 Å². The van der Waals surface area contributed by atoms with Crippen molar-refractivity contribution in [1.29, 1.82) is 0 Å². The Kier molecular flexibility index (Phi) is 5.13. The van der Waals surface area contributed by atoms with Crippen molar-refractivity contribution in [3.8, 4) is 11.5 Å². The molecule has 3 atom stereocenters. The van der Waals surface area contributed by atoms with E-state index in [1.165, 1.54) is 0 Å². The Bertz CT molecular complexity index is 1480. The molecule has 1 unspecified atom stereocenters. The number of fused-ring (bicyclic) bond motifs is 5. The van der Waals surface area contributed by atoms with Crippen LogP contribution in [-0.2, 0) is 4.79 Å². The molecule has 6 rings (SSSR count). The maximum absolute atomic E-state index is 14.4. The lowest BCUT2D eigenvalue weighted by atomic mass is 9.64. The third kappa shape index (κ3) is 2.95. The van der Waals surface area contributed by atoms with Crippen molar-refractivity contribution >= 4 is 29.1 Å². The second kappa shape index (κ2) is 8.17. The molecule has 6 nitrogen and oxygen atoms in total. The monoisotopic (exact) mass is 493 g/mol. The normalized spacial score (nSPS) is 22.6. The highest BCUT2D eigenvalue weighted by atomic mass is 16.5. The van der Waals surface area contributed by atoms with Gasteiger partial charge < -0.3 is 14.4 Å². The van der Waals surface area contributed by atoms with Crippen LogP contribution in [-0.4, -0.2) is 43.7 Å². The average Bonchev–Trinajstić information content (AvgIpc) is 3.35. The molecule has 186 valence electrons. The second-order valence-corrected chi connectivity index (χ2v) is 9.99. The molecule has 1 spiro atoms. The molecule has 0 radical (unpaired) electrons. The number of methoxy groups -OCH3 is 2. The summed E-state index contributed by atoms with van der Waals surface area (Å²) in [4.78, 5) is 44.4. The summed E-state index contributed by atoms with van der Waals surface area (Å²) in [7, 11) is 3.10. The van der Waals surface area contributed by atoms with Gasteiger partial charge in [-0.1, -0.05) is 54.6 Å². The number of aryl methyl sites for hydroxylation is 1. The van der Waals surface area contributed by atoms with Gasteiger partial charge in [0.25, 0.3) is 0 Å². The van der Waals surface area contributed by atoms with Crippen molar-refractivity contribution in [2.75, 3.05) is 19.1 Å². The molecular formula is C31H27NO5. The number of rotatable bonds is 4. The number of benzene rings is 3. The molecule has 0 bridgehead atoms. The minimum Gasteiger partial charge on any atom is -0.493 e. The van der Waals surface area contributed by atoms with E-state index in [4.69, 9.17) is 9.47 Å². The number of ether oxygens (including phenoxy) is 2. The smallest absolute Gasteiger partial charge is 0.180 e. The highest BCUT2D eigenvalue weighted by Gasteiger charge is 2.71. The Morgan fingerprint density at radius 2 is 1.57 bits per heavy atom. The predicted octanol–water partition coefficient (Wildman–Crippen LogP) is 5.03. The van der Waals surface area contributed by atoms with Crippen LogP contribution in [0.1, 0.15) is 50.2 Å². The van der Waals surface area contributed by atoms with Crippen LogP contribution in [0.15, 0.2) is 66.7 Å². The zero-order chi connectivity index (χ0) is 26.1. The molecule has 3 aliphatic rings. The fourth-order valence-corrected chi connectivity index (χ4v) is 6.64. The minimum atomic E-state index is -1.50. The zero-order valence-electron chi connectivity index (χ0n) is 21.1. The van der Waals surface area contributed by atoms with Crippen LogP contribution in [0.3, 0.4) is 0 Å². The maximum Gasteiger partial charge on any atom is 0.180 e. The molecule has 2 aliphatic heterocycles. The topological polar surface area (TPSA) is 72.9 Å². The number of Topliss-reactive ketones (excluding diaryl/α,β-unsaturated/α-hetero) is 3. The molecule has 6 heteroatoms. The van der Waals surface area contributed by atoms with E-state index in [0.29, 0.717) is 28.2 Å². The standard InChI is InChI=1S/C31H27NO5/c1-17-9-10-19-12-14-26-31(29(34)21-7-5-6-8-22(21)30(31)35)27(28(18(2)33)32(26)23(19)15-17)20-11-13-24(36-3)25(16-20)37-4/h5-16,26-28H,1-4H3/t26?,27-,28-/m0/s1. The van der Waals surface area contributed by atoms with E-state index in [9.17, 15) is 14.4 Å². The van der Waals surface area contributed by atoms with Gasteiger partial charge in [-0.15, -0.1) is 0 Å². The van der Waals surface area contributed by atoms with E-state index in [0.717, 1.165) is 16.8 Å². The van der Waals surface area contributed by atoms with Gasteiger partial charge in [-0.3, -0.25) is 14.4 Å². The first kappa shape index (κ1) is 23.2. The molecule has 0 amide bonds. The van der Waals surface area contributed by atoms with E-state index in [2.05, 4.69) is 0 Å². The fourth-order valence-electron chi connectivity index (χ4n) is 6.64. The SMILES string of the molecule is COc1ccc([C@H]2[C@H](C(C)=O)N3c4cc(C)ccc4C=CC3C23C(=O)c2ccccc2C3=O)cc1OC. The predicted molar refractivity (Wildman–Crippen MR) is 141 cm³/mol. The number of hydrogen-bond donors (Lipinski definition) is 0. The minimum absolute atomic E-state index is 0.110. The lowest BCUT2D eigenvalue weighted by Gasteiger charge is -2.37. The second-order valence-electron chi connectivity index (χ2n) is 9.99. The van der Waals surface area contributed by atoms with Crippen molar-refractivity contribution in [3.63, 3.8) is 0 Å². The third-order valence-electron chi connectivity index (χ3n) is 8.15. The van der Waals surface area contributed by atoms with Gasteiger partial charge in [-0.05, 0) is 48.7 Å². The van der Waals surface area contributed by atoms with Gasteiger partial charge in [0.1, 0.15) is 5.41 Å². The largest absolute Gasteiger partial charge is 0.493 e. The van der Waals surface area contributed by atoms with Gasteiger partial charge in [0.2, 0.25) is 0 Å². The molecule has 0 saturated carbocycles. The Balaban J connectivity index is 1.68. The fraction of sp³-hybridized carbons (Fsp3) is 0.258. The van der Waals surface area contributed by atoms with E-state index >= 15 is 0 Å². The lowest BCUT2D eigenvalue weighted by Crippen LogP contribution is -2.48. The molecule has 3 aromatic rings. The number of anilines is 1. The highest BCUT2D eigenvalue weighted by molar-refractivity contribution is 6.32. The van der Waals surface area contributed by atoms with E-state index in [-0.39, 0.29) is 17.3 Å². The van der Waals surface area contributed by atoms with Crippen LogP contribution >= 0.6 is 0 Å². The summed E-state index contributed by atoms with van der Waals surface area (Å²) in [6.45, 7) is 3.54. The Hall–Kier alpha value is -4.19. The summed E-state index contributed by atoms with van der Waals surface area (Å²) in [5.41, 5.74) is 2.84. The van der Waals surface area contributed by atoms with Crippen LogP contribution in [0.5, 0.6) is 11.5 Å². The summed E-state index contributed by atoms with van der Waals surface area (Å²) in [5.74, 6) is -0.327. The summed E-state index contributed by atoms with van der Waals surface area (Å²) in [5, 5.41) is 0. The molecule has 1 aliphatic carbocycles. The van der Waals surface area contributed by atoms with Crippen molar-refractivity contribution in [2.24, 2.45) is 5.41 Å². The van der Waals surface area contributed by atoms with Crippen molar-refractivity contribution in [1.82, 2.24) is 0 Å². The summed E-state index contributed by atoms with van der Waals surface area (Å²) in [6.07, 6.45) is 3.89. The molecule has 37 heavy (non-hydrogen) atoms. The number of ketones is 3. The van der Waals surface area contributed by atoms with E-state index in [1.807, 2.05) is 48.2 Å². The lowest BCUT2D eigenvalue weighted by molar-refractivity contribution is -0.118. The summed E-state index contributed by atoms with van der Waals surface area (Å²) in [6, 6.07) is 17.1. The van der Waals surface area contributed by atoms with Crippen molar-refractivity contribution < 1.29 is 23.9 Å². The van der Waals surface area contributed by atoms with Gasteiger partial charge >= 0.3 is 0 Å². The van der Waals surface area contributed by atoms with Gasteiger partial charge in [0, 0.05) is 22.7 Å². The van der Waals surface area contributed by atoms with Crippen LogP contribution in [0.25, 0.3) is 6.08 Å². The average molecular weight is 494 g/mol. The molecule has 2 heterocycles. The number of carbonyl (C=O) groups excluding carboxylic acids is 3. The third-order valence-corrected chi connectivity index (χ3v) is 8.15. The van der Waals surface area contributed by atoms with Crippen LogP contribution < -0.4 is 14.4 Å². The molecule has 0 aromatic heterocycles. The number of carbonyl (C=O) groups is 3. The zero-order valence-corrected chi connectivity index (χ0v) is 21.1. The van der Waals surface area contributed by atoms with Crippen molar-refractivity contribution in [2.45, 2.75) is 31.8 Å². The summed E-state index contributed by atoms with van der Waals surface area (Å²) >= 11 is 0. The van der Waals surface area contributed by atoms with Crippen LogP contribution in [0.4, 0.5) is 5.69 Å². The maximum atomic E-state index is 14.4. The molecular weight excluding hydrogens is 466 g/mol. The Morgan fingerprint density at radius 1 is 0.892 bits per heavy atom. The van der Waals surface area contributed by atoms with Gasteiger partial charge in [0.05, 0.1) is 26.3 Å². The highest BCUT2D eigenvalue weighted by Crippen LogP contribution is 2.61. The first-order valence-electron chi connectivity index (χ1n) is 12.3. The number of hydrogen-bond acceptors (Lipinski definition) is 6. The first-order valence-corrected chi connectivity index (χ1v) is 12.3. The molecule has 1 fully saturated rings. The van der Waals surface area contributed by atoms with E-state index in [1.54, 1.807) is 57.5 Å². The summed E-state index contributed by atoms with van der Waals surface area (Å²) < 4.78 is 11.0. The van der Waals surface area contributed by atoms with Gasteiger partial charge in [-0.2, -0.15) is 0 Å². The molecule has 1 saturated heterocycles. The first-order chi connectivity index (χ1) is 17.8. The molecule has 0 N–H and O–H groups in total.